The zero-order valence-electron chi connectivity index (χ0n) is 17.0. The van der Waals surface area contributed by atoms with Crippen molar-refractivity contribution in [2.24, 2.45) is 5.92 Å². The predicted octanol–water partition coefficient (Wildman–Crippen LogP) is 3.22. The average molecular weight is 390 g/mol. The molecule has 0 saturated carbocycles. The summed E-state index contributed by atoms with van der Waals surface area (Å²) in [6.07, 6.45) is 3.27. The number of nitrogens with zero attached hydrogens (tertiary/aromatic N) is 2. The lowest BCUT2D eigenvalue weighted by atomic mass is 9.60. The second-order valence-corrected chi connectivity index (χ2v) is 8.98. The molecule has 1 aromatic carbocycles. The molecule has 150 valence electrons. The van der Waals surface area contributed by atoms with Crippen molar-refractivity contribution in [2.75, 3.05) is 19.7 Å². The highest BCUT2D eigenvalue weighted by Crippen LogP contribution is 2.61. The fourth-order valence-corrected chi connectivity index (χ4v) is 6.90. The highest BCUT2D eigenvalue weighted by Gasteiger charge is 2.62. The highest BCUT2D eigenvalue weighted by molar-refractivity contribution is 5.90. The van der Waals surface area contributed by atoms with Gasteiger partial charge in [0.25, 0.3) is 5.56 Å². The summed E-state index contributed by atoms with van der Waals surface area (Å²) in [6.45, 7) is 6.51. The number of pyridine rings is 1. The normalized spacial score (nSPS) is 30.8. The molecule has 2 fully saturated rings. The zero-order valence-corrected chi connectivity index (χ0v) is 17.0. The standard InChI is InChI=1S/C24H26N2O3/c1-3-14-13-25-10-9-24-18-7-5-6-8-19(18)26-21(24)16(15(14)12-20(24)25)11-17(22(26)27)23(28)29-4-2/h5-8,11,14-15,20H,3-4,9-10,12-13H2,1-2H3. The van der Waals surface area contributed by atoms with Gasteiger partial charge in [0.1, 0.15) is 5.56 Å². The molecule has 5 nitrogen and oxygen atoms in total. The van der Waals surface area contributed by atoms with Crippen molar-refractivity contribution in [1.82, 2.24) is 9.47 Å². The summed E-state index contributed by atoms with van der Waals surface area (Å²) in [5, 5.41) is 0. The summed E-state index contributed by atoms with van der Waals surface area (Å²) in [6, 6.07) is 10.7. The first-order chi connectivity index (χ1) is 14.1. The molecule has 5 heteroatoms. The number of hydrogen-bond acceptors (Lipinski definition) is 4. The van der Waals surface area contributed by atoms with Crippen LogP contribution >= 0.6 is 0 Å². The van der Waals surface area contributed by atoms with Crippen LogP contribution in [-0.2, 0) is 10.2 Å². The smallest absolute Gasteiger partial charge is 0.343 e. The Balaban J connectivity index is 1.72. The summed E-state index contributed by atoms with van der Waals surface area (Å²) in [5.74, 6) is 0.460. The maximum atomic E-state index is 13.6. The van der Waals surface area contributed by atoms with E-state index in [0.29, 0.717) is 17.9 Å². The van der Waals surface area contributed by atoms with Crippen LogP contribution in [0.15, 0.2) is 35.1 Å². The first-order valence-electron chi connectivity index (χ1n) is 10.9. The Kier molecular flexibility index (Phi) is 3.50. The average Bonchev–Trinajstić information content (AvgIpc) is 3.28. The number of fused-ring (bicyclic) bond motifs is 4. The van der Waals surface area contributed by atoms with Gasteiger partial charge in [-0.1, -0.05) is 31.5 Å². The van der Waals surface area contributed by atoms with E-state index in [1.54, 1.807) is 6.92 Å². The molecule has 4 heterocycles. The minimum atomic E-state index is -0.499. The molecule has 0 N–H and O–H groups in total. The van der Waals surface area contributed by atoms with Gasteiger partial charge in [0.05, 0.1) is 17.7 Å². The van der Waals surface area contributed by atoms with Crippen molar-refractivity contribution in [1.29, 1.82) is 0 Å². The molecule has 1 aromatic heterocycles. The van der Waals surface area contributed by atoms with Gasteiger partial charge in [0.15, 0.2) is 0 Å². The number of aromatic nitrogens is 1. The number of para-hydroxylation sites is 1. The largest absolute Gasteiger partial charge is 0.462 e. The van der Waals surface area contributed by atoms with Crippen LogP contribution in [-0.4, -0.2) is 41.2 Å². The Bertz CT molecular complexity index is 1100. The Morgan fingerprint density at radius 1 is 1.28 bits per heavy atom. The topological polar surface area (TPSA) is 51.5 Å². The molecule has 0 radical (unpaired) electrons. The lowest BCUT2D eigenvalue weighted by Gasteiger charge is -2.50. The van der Waals surface area contributed by atoms with Gasteiger partial charge in [-0.3, -0.25) is 14.3 Å². The molecule has 4 atom stereocenters. The number of piperidine rings is 1. The number of hydrogen-bond donors (Lipinski definition) is 0. The lowest BCUT2D eigenvalue weighted by Crippen LogP contribution is -2.54. The molecule has 4 unspecified atom stereocenters. The van der Waals surface area contributed by atoms with Crippen LogP contribution in [0, 0.1) is 5.92 Å². The maximum Gasteiger partial charge on any atom is 0.343 e. The number of carbonyl (C=O) groups excluding carboxylic acids is 1. The van der Waals surface area contributed by atoms with Crippen LogP contribution in [0.25, 0.3) is 5.69 Å². The molecule has 3 aliphatic heterocycles. The predicted molar refractivity (Wildman–Crippen MR) is 110 cm³/mol. The molecule has 0 amide bonds. The third-order valence-electron chi connectivity index (χ3n) is 8.02. The molecule has 1 spiro atoms. The van der Waals surface area contributed by atoms with E-state index in [4.69, 9.17) is 4.74 Å². The Morgan fingerprint density at radius 3 is 2.90 bits per heavy atom. The van der Waals surface area contributed by atoms with E-state index in [9.17, 15) is 9.59 Å². The number of ether oxygens (including phenoxy) is 1. The van der Waals surface area contributed by atoms with Crippen molar-refractivity contribution in [3.63, 3.8) is 0 Å². The van der Waals surface area contributed by atoms with Crippen LogP contribution in [0.4, 0.5) is 0 Å². The van der Waals surface area contributed by atoms with E-state index in [1.165, 1.54) is 16.8 Å². The highest BCUT2D eigenvalue weighted by atomic mass is 16.5. The van der Waals surface area contributed by atoms with Crippen molar-refractivity contribution in [3.05, 3.63) is 63.1 Å². The quantitative estimate of drug-likeness (QED) is 0.755. The van der Waals surface area contributed by atoms with Gasteiger partial charge < -0.3 is 4.74 Å². The third kappa shape index (κ3) is 1.95. The van der Waals surface area contributed by atoms with Crippen molar-refractivity contribution >= 4 is 5.97 Å². The van der Waals surface area contributed by atoms with Crippen molar-refractivity contribution < 1.29 is 9.53 Å². The molecule has 2 bridgehead atoms. The van der Waals surface area contributed by atoms with E-state index in [-0.39, 0.29) is 23.1 Å². The molecule has 6 rings (SSSR count). The number of rotatable bonds is 3. The summed E-state index contributed by atoms with van der Waals surface area (Å²) >= 11 is 0. The van der Waals surface area contributed by atoms with E-state index in [2.05, 4.69) is 24.0 Å². The fourth-order valence-electron chi connectivity index (χ4n) is 6.90. The summed E-state index contributed by atoms with van der Waals surface area (Å²) < 4.78 is 7.13. The van der Waals surface area contributed by atoms with E-state index < -0.39 is 5.97 Å². The number of esters is 1. The maximum absolute atomic E-state index is 13.6. The van der Waals surface area contributed by atoms with Gasteiger partial charge in [-0.25, -0.2) is 4.79 Å². The number of carbonyl (C=O) groups is 1. The monoisotopic (exact) mass is 390 g/mol. The number of benzene rings is 1. The summed E-state index contributed by atoms with van der Waals surface area (Å²) in [4.78, 5) is 28.9. The second-order valence-electron chi connectivity index (χ2n) is 8.98. The fraction of sp³-hybridized carbons (Fsp3) is 0.500. The lowest BCUT2D eigenvalue weighted by molar-refractivity contribution is 0.0522. The van der Waals surface area contributed by atoms with Crippen LogP contribution in [0.1, 0.15) is 66.2 Å². The van der Waals surface area contributed by atoms with Gasteiger partial charge in [0.2, 0.25) is 0 Å². The molecular weight excluding hydrogens is 364 g/mol. The van der Waals surface area contributed by atoms with Crippen LogP contribution in [0.3, 0.4) is 0 Å². The van der Waals surface area contributed by atoms with E-state index in [1.807, 2.05) is 22.8 Å². The van der Waals surface area contributed by atoms with Gasteiger partial charge >= 0.3 is 5.97 Å². The molecular formula is C24H26N2O3. The van der Waals surface area contributed by atoms with Gasteiger partial charge in [0, 0.05) is 18.3 Å². The van der Waals surface area contributed by atoms with Gasteiger partial charge in [-0.15, -0.1) is 0 Å². The Morgan fingerprint density at radius 2 is 2.10 bits per heavy atom. The van der Waals surface area contributed by atoms with E-state index >= 15 is 0 Å². The molecule has 29 heavy (non-hydrogen) atoms. The van der Waals surface area contributed by atoms with Gasteiger partial charge in [-0.2, -0.15) is 0 Å². The third-order valence-corrected chi connectivity index (χ3v) is 8.02. The van der Waals surface area contributed by atoms with E-state index in [0.717, 1.165) is 38.0 Å². The first kappa shape index (κ1) is 17.5. The Labute approximate surface area is 170 Å². The summed E-state index contributed by atoms with van der Waals surface area (Å²) in [7, 11) is 0. The van der Waals surface area contributed by atoms with Gasteiger partial charge in [-0.05, 0) is 61.4 Å². The minimum Gasteiger partial charge on any atom is -0.462 e. The van der Waals surface area contributed by atoms with Crippen LogP contribution < -0.4 is 5.56 Å². The SMILES string of the molecule is CCOC(=O)c1cc2c3n(c1=O)-c1ccccc1C31CCN3CC(CC)C2CC31. The second kappa shape index (κ2) is 5.82. The van der Waals surface area contributed by atoms with Crippen LogP contribution in [0.5, 0.6) is 0 Å². The molecule has 2 saturated heterocycles. The van der Waals surface area contributed by atoms with Crippen LogP contribution in [0.2, 0.25) is 0 Å². The van der Waals surface area contributed by atoms with Crippen molar-refractivity contribution in [3.8, 4) is 5.69 Å². The molecule has 2 aromatic rings. The molecule has 1 aliphatic carbocycles. The first-order valence-corrected chi connectivity index (χ1v) is 10.9. The minimum absolute atomic E-state index is 0.118. The molecule has 4 aliphatic rings. The zero-order chi connectivity index (χ0) is 19.9. The summed E-state index contributed by atoms with van der Waals surface area (Å²) in [5.41, 5.74) is 4.45. The van der Waals surface area contributed by atoms with Crippen molar-refractivity contribution in [2.45, 2.75) is 50.5 Å². The Hall–Kier alpha value is -2.40.